The lowest BCUT2D eigenvalue weighted by Crippen LogP contribution is -1.90. The molecule has 0 saturated carbocycles. The molecule has 0 amide bonds. The van der Waals surface area contributed by atoms with Crippen molar-refractivity contribution >= 4 is 5.69 Å². The van der Waals surface area contributed by atoms with Gasteiger partial charge in [-0.1, -0.05) is 18.2 Å². The van der Waals surface area contributed by atoms with Crippen LogP contribution in [-0.2, 0) is 6.54 Å². The number of nitrogens with zero attached hydrogens (tertiary/aromatic N) is 1. The molecule has 0 atom stereocenters. The van der Waals surface area contributed by atoms with Crippen molar-refractivity contribution in [2.75, 3.05) is 5.73 Å². The Hall–Kier alpha value is -1.38. The lowest BCUT2D eigenvalue weighted by molar-refractivity contribution is 0.910. The number of nitrogens with two attached hydrogens (primary N) is 1. The fraction of sp³-hybridized carbons (Fsp3) is 0.143. The maximum absolute atomic E-state index is 6.61. The van der Waals surface area contributed by atoms with Crippen LogP contribution >= 0.6 is 0 Å². The van der Waals surface area contributed by atoms with Crippen LogP contribution < -0.4 is 5.73 Å². The molecule has 52 valence electrons. The van der Waals surface area contributed by atoms with Gasteiger partial charge in [0.05, 0.1) is 6.54 Å². The Labute approximate surface area is 59.4 Å². The maximum atomic E-state index is 6.61. The first-order valence-electron chi connectivity index (χ1n) is 3.01. The Morgan fingerprint density at radius 3 is 2.70 bits per heavy atom. The number of nitrogen functional groups attached to an aromatic ring is 1. The van der Waals surface area contributed by atoms with Crippen molar-refractivity contribution in [3.05, 3.63) is 29.8 Å². The minimum atomic E-state index is 0.382. The number of anilines is 1. The highest BCUT2D eigenvalue weighted by Gasteiger charge is 1.93. The van der Waals surface area contributed by atoms with E-state index in [4.69, 9.17) is 11.3 Å². The second-order valence-corrected chi connectivity index (χ2v) is 2.02. The zero-order valence-corrected chi connectivity index (χ0v) is 5.54. The van der Waals surface area contributed by atoms with Gasteiger partial charge in [0.2, 0.25) is 0 Å². The molecule has 3 N–H and O–H groups in total. The van der Waals surface area contributed by atoms with Crippen LogP contribution in [0.4, 0.5) is 5.69 Å². The first-order valence-corrected chi connectivity index (χ1v) is 3.01. The molecular weight excluding hydrogens is 126 g/mol. The Morgan fingerprint density at radius 2 is 2.10 bits per heavy atom. The number of para-hydroxylation sites is 1. The first kappa shape index (κ1) is 6.74. The van der Waals surface area contributed by atoms with Crippen molar-refractivity contribution in [1.29, 1.82) is 5.53 Å². The number of hydrogen-bond acceptors (Lipinski definition) is 3. The van der Waals surface area contributed by atoms with E-state index in [1.165, 1.54) is 0 Å². The summed E-state index contributed by atoms with van der Waals surface area (Å²) < 4.78 is 0. The number of hydrogen-bond donors (Lipinski definition) is 2. The van der Waals surface area contributed by atoms with Gasteiger partial charge in [-0.25, -0.2) is 5.53 Å². The lowest BCUT2D eigenvalue weighted by atomic mass is 10.2. The van der Waals surface area contributed by atoms with Gasteiger partial charge in [-0.2, -0.15) is 5.11 Å². The first-order chi connectivity index (χ1) is 4.84. The molecule has 0 spiro atoms. The molecule has 0 aromatic heterocycles. The monoisotopic (exact) mass is 135 g/mol. The average Bonchev–Trinajstić information content (AvgIpc) is 1.94. The highest BCUT2D eigenvalue weighted by Crippen LogP contribution is 2.10. The fourth-order valence-electron chi connectivity index (χ4n) is 0.763. The van der Waals surface area contributed by atoms with Crippen LogP contribution in [0.15, 0.2) is 29.4 Å². The third kappa shape index (κ3) is 1.31. The van der Waals surface area contributed by atoms with Gasteiger partial charge in [0, 0.05) is 5.69 Å². The van der Waals surface area contributed by atoms with Gasteiger partial charge in [0.15, 0.2) is 0 Å². The quantitative estimate of drug-likeness (QED) is 0.471. The Kier molecular flexibility index (Phi) is 1.99. The van der Waals surface area contributed by atoms with E-state index in [1.54, 1.807) is 6.07 Å². The number of benzene rings is 1. The fourth-order valence-corrected chi connectivity index (χ4v) is 0.763. The van der Waals surface area contributed by atoms with E-state index in [0.717, 1.165) is 5.56 Å². The minimum absolute atomic E-state index is 0.382. The molecule has 3 heteroatoms. The summed E-state index contributed by atoms with van der Waals surface area (Å²) in [6, 6.07) is 7.42. The predicted molar refractivity (Wildman–Crippen MR) is 39.7 cm³/mol. The van der Waals surface area contributed by atoms with E-state index in [9.17, 15) is 0 Å². The second-order valence-electron chi connectivity index (χ2n) is 2.02. The summed E-state index contributed by atoms with van der Waals surface area (Å²) in [7, 11) is 0. The van der Waals surface area contributed by atoms with Gasteiger partial charge in [-0.15, -0.1) is 0 Å². The zero-order chi connectivity index (χ0) is 7.40. The van der Waals surface area contributed by atoms with Gasteiger partial charge < -0.3 is 5.73 Å². The topological polar surface area (TPSA) is 62.2 Å². The zero-order valence-electron chi connectivity index (χ0n) is 5.54. The van der Waals surface area contributed by atoms with Crippen LogP contribution in [0, 0.1) is 5.53 Å². The van der Waals surface area contributed by atoms with Crippen molar-refractivity contribution in [3.8, 4) is 0 Å². The molecule has 0 bridgehead atoms. The van der Waals surface area contributed by atoms with Crippen LogP contribution in [-0.4, -0.2) is 0 Å². The molecule has 0 saturated heterocycles. The van der Waals surface area contributed by atoms with Crippen molar-refractivity contribution in [2.24, 2.45) is 5.11 Å². The van der Waals surface area contributed by atoms with Crippen molar-refractivity contribution < 1.29 is 0 Å². The molecule has 10 heavy (non-hydrogen) atoms. The molecule has 1 aromatic rings. The molecule has 1 aromatic carbocycles. The van der Waals surface area contributed by atoms with Crippen LogP contribution in [0.5, 0.6) is 0 Å². The number of nitrogens with one attached hydrogen (secondary N) is 1. The molecular formula is C7H9N3. The van der Waals surface area contributed by atoms with Gasteiger partial charge in [0.1, 0.15) is 0 Å². The third-order valence-corrected chi connectivity index (χ3v) is 1.30. The average molecular weight is 135 g/mol. The molecule has 0 radical (unpaired) electrons. The van der Waals surface area contributed by atoms with Crippen LogP contribution in [0.25, 0.3) is 0 Å². The third-order valence-electron chi connectivity index (χ3n) is 1.30. The molecule has 0 aliphatic heterocycles. The Morgan fingerprint density at radius 1 is 1.40 bits per heavy atom. The molecule has 0 fully saturated rings. The van der Waals surface area contributed by atoms with Gasteiger partial charge >= 0.3 is 0 Å². The molecule has 0 unspecified atom stereocenters. The van der Waals surface area contributed by atoms with E-state index in [-0.39, 0.29) is 0 Å². The highest BCUT2D eigenvalue weighted by molar-refractivity contribution is 5.46. The minimum Gasteiger partial charge on any atom is -0.398 e. The summed E-state index contributed by atoms with van der Waals surface area (Å²) >= 11 is 0. The van der Waals surface area contributed by atoms with E-state index in [2.05, 4.69) is 5.11 Å². The van der Waals surface area contributed by atoms with E-state index in [0.29, 0.717) is 12.2 Å². The largest absolute Gasteiger partial charge is 0.398 e. The summed E-state index contributed by atoms with van der Waals surface area (Å²) in [6.45, 7) is 0.382. The lowest BCUT2D eigenvalue weighted by Gasteiger charge is -1.98. The SMILES string of the molecule is N=NCc1ccccc1N. The summed E-state index contributed by atoms with van der Waals surface area (Å²) in [4.78, 5) is 0. The number of rotatable bonds is 2. The smallest absolute Gasteiger partial charge is 0.0866 e. The molecule has 0 heterocycles. The standard InChI is InChI=1S/C7H9N3/c8-7-4-2-1-3-6(7)5-10-9/h1-4,9H,5,8H2. The maximum Gasteiger partial charge on any atom is 0.0866 e. The molecule has 0 aliphatic carbocycles. The second kappa shape index (κ2) is 2.96. The Balaban J connectivity index is 2.91. The van der Waals surface area contributed by atoms with Gasteiger partial charge in [-0.05, 0) is 11.6 Å². The van der Waals surface area contributed by atoms with Crippen LogP contribution in [0.3, 0.4) is 0 Å². The van der Waals surface area contributed by atoms with Crippen molar-refractivity contribution in [3.63, 3.8) is 0 Å². The molecule has 1 rings (SSSR count). The van der Waals surface area contributed by atoms with Gasteiger partial charge in [-0.3, -0.25) is 0 Å². The van der Waals surface area contributed by atoms with Crippen LogP contribution in [0.2, 0.25) is 0 Å². The van der Waals surface area contributed by atoms with Crippen LogP contribution in [0.1, 0.15) is 5.56 Å². The normalized spacial score (nSPS) is 9.20. The van der Waals surface area contributed by atoms with Gasteiger partial charge in [0.25, 0.3) is 0 Å². The summed E-state index contributed by atoms with van der Waals surface area (Å²) in [5.74, 6) is 0. The molecule has 0 aliphatic rings. The Bertz CT molecular complexity index is 232. The highest BCUT2D eigenvalue weighted by atomic mass is 14.9. The van der Waals surface area contributed by atoms with E-state index >= 15 is 0 Å². The van der Waals surface area contributed by atoms with Crippen molar-refractivity contribution in [2.45, 2.75) is 6.54 Å². The summed E-state index contributed by atoms with van der Waals surface area (Å²) in [6.07, 6.45) is 0. The summed E-state index contributed by atoms with van der Waals surface area (Å²) in [5, 5.41) is 3.24. The van der Waals surface area contributed by atoms with E-state index in [1.807, 2.05) is 18.2 Å². The predicted octanol–water partition coefficient (Wildman–Crippen LogP) is 1.80. The van der Waals surface area contributed by atoms with Crippen molar-refractivity contribution in [1.82, 2.24) is 0 Å². The van der Waals surface area contributed by atoms with E-state index < -0.39 is 0 Å². The molecule has 3 nitrogen and oxygen atoms in total. The summed E-state index contributed by atoms with van der Waals surface area (Å²) in [5.41, 5.74) is 13.8.